The highest BCUT2D eigenvalue weighted by Gasteiger charge is 2.13. The zero-order chi connectivity index (χ0) is 20.5. The quantitative estimate of drug-likeness (QED) is 0.210. The Morgan fingerprint density at radius 1 is 1.31 bits per heavy atom. The first-order chi connectivity index (χ1) is 14.2. The molecule has 3 aromatic rings. The van der Waals surface area contributed by atoms with Gasteiger partial charge in [-0.1, -0.05) is 30.0 Å². The van der Waals surface area contributed by atoms with Gasteiger partial charge in [-0.15, -0.1) is 10.2 Å². The largest absolute Gasteiger partial charge is 0.492 e. The van der Waals surface area contributed by atoms with Crippen LogP contribution in [0.15, 0.2) is 59.0 Å². The minimum atomic E-state index is -0.214. The van der Waals surface area contributed by atoms with Crippen LogP contribution in [-0.4, -0.2) is 44.3 Å². The van der Waals surface area contributed by atoms with Gasteiger partial charge < -0.3 is 15.9 Å². The lowest BCUT2D eigenvalue weighted by Crippen LogP contribution is -2.17. The molecule has 0 bridgehead atoms. The predicted octanol–water partition coefficient (Wildman–Crippen LogP) is 1.96. The predicted molar refractivity (Wildman–Crippen MR) is 113 cm³/mol. The van der Waals surface area contributed by atoms with Crippen LogP contribution in [0.3, 0.4) is 0 Å². The van der Waals surface area contributed by atoms with Crippen molar-refractivity contribution in [3.8, 4) is 5.75 Å². The average molecular weight is 412 g/mol. The maximum absolute atomic E-state index is 12.3. The van der Waals surface area contributed by atoms with Gasteiger partial charge in [0.25, 0.3) is 5.95 Å². The van der Waals surface area contributed by atoms with Crippen molar-refractivity contribution >= 4 is 35.5 Å². The van der Waals surface area contributed by atoms with E-state index in [1.807, 2.05) is 25.1 Å². The fraction of sp³-hybridized carbons (Fsp3) is 0.167. The second-order valence-electron chi connectivity index (χ2n) is 5.60. The monoisotopic (exact) mass is 412 g/mol. The topological polar surface area (TPSA) is 132 Å². The van der Waals surface area contributed by atoms with Crippen LogP contribution < -0.4 is 21.3 Å². The number of anilines is 2. The fourth-order valence-corrected chi connectivity index (χ4v) is 2.89. The van der Waals surface area contributed by atoms with Gasteiger partial charge in [-0.25, -0.2) is 10.1 Å². The molecule has 0 unspecified atom stereocenters. The van der Waals surface area contributed by atoms with E-state index in [2.05, 4.69) is 31.0 Å². The van der Waals surface area contributed by atoms with E-state index >= 15 is 0 Å². The normalized spacial score (nSPS) is 10.8. The van der Waals surface area contributed by atoms with Crippen LogP contribution in [-0.2, 0) is 4.79 Å². The molecular weight excluding hydrogens is 392 g/mol. The Bertz CT molecular complexity index is 977. The molecule has 1 amide bonds. The Morgan fingerprint density at radius 3 is 2.97 bits per heavy atom. The van der Waals surface area contributed by atoms with Gasteiger partial charge in [-0.05, 0) is 25.1 Å². The molecule has 0 radical (unpaired) electrons. The van der Waals surface area contributed by atoms with Crippen LogP contribution in [0.5, 0.6) is 5.75 Å². The van der Waals surface area contributed by atoms with Crippen molar-refractivity contribution in [2.75, 3.05) is 28.9 Å². The van der Waals surface area contributed by atoms with Crippen molar-refractivity contribution in [3.63, 3.8) is 0 Å². The van der Waals surface area contributed by atoms with E-state index in [-0.39, 0.29) is 17.6 Å². The smallest absolute Gasteiger partial charge is 0.264 e. The molecule has 0 spiro atoms. The van der Waals surface area contributed by atoms with Gasteiger partial charge in [0.1, 0.15) is 5.75 Å². The van der Waals surface area contributed by atoms with Crippen molar-refractivity contribution in [3.05, 3.63) is 54.4 Å². The van der Waals surface area contributed by atoms with E-state index in [4.69, 9.17) is 10.6 Å². The second kappa shape index (κ2) is 10.1. The van der Waals surface area contributed by atoms with E-state index in [0.29, 0.717) is 23.2 Å². The van der Waals surface area contributed by atoms with Gasteiger partial charge in [0.05, 0.1) is 24.3 Å². The molecule has 150 valence electrons. The maximum atomic E-state index is 12.3. The molecule has 1 aromatic carbocycles. The van der Waals surface area contributed by atoms with Gasteiger partial charge in [-0.3, -0.25) is 9.78 Å². The second-order valence-corrected chi connectivity index (χ2v) is 6.54. The van der Waals surface area contributed by atoms with E-state index in [1.54, 1.807) is 36.8 Å². The lowest BCUT2D eigenvalue weighted by atomic mass is 10.3. The van der Waals surface area contributed by atoms with E-state index in [1.165, 1.54) is 4.68 Å². The molecule has 0 aliphatic carbocycles. The van der Waals surface area contributed by atoms with Crippen LogP contribution in [0, 0.1) is 0 Å². The van der Waals surface area contributed by atoms with Gasteiger partial charge in [0.2, 0.25) is 11.1 Å². The van der Waals surface area contributed by atoms with Crippen LogP contribution in [0.25, 0.3) is 0 Å². The SMILES string of the molecule is CCOc1ccccc1NC(=O)CSc1nnc(N/N=C/c2cccnc2)n1N. The number of thioether (sulfide) groups is 1. The average Bonchev–Trinajstić information content (AvgIpc) is 3.08. The molecule has 3 rings (SSSR count). The first-order valence-corrected chi connectivity index (χ1v) is 9.70. The van der Waals surface area contributed by atoms with E-state index in [9.17, 15) is 4.79 Å². The number of hydrazone groups is 1. The summed E-state index contributed by atoms with van der Waals surface area (Å²) in [5, 5.41) is 15.1. The van der Waals surface area contributed by atoms with E-state index < -0.39 is 0 Å². The fourth-order valence-electron chi connectivity index (χ4n) is 2.24. The number of pyridine rings is 1. The van der Waals surface area contributed by atoms with Crippen molar-refractivity contribution in [1.82, 2.24) is 19.9 Å². The van der Waals surface area contributed by atoms with Crippen LogP contribution >= 0.6 is 11.8 Å². The number of nitrogen functional groups attached to an aromatic ring is 1. The van der Waals surface area contributed by atoms with Crippen molar-refractivity contribution in [1.29, 1.82) is 0 Å². The molecule has 0 aliphatic rings. The molecule has 0 atom stereocenters. The van der Waals surface area contributed by atoms with Crippen molar-refractivity contribution in [2.45, 2.75) is 12.1 Å². The summed E-state index contributed by atoms with van der Waals surface area (Å²) < 4.78 is 6.73. The molecule has 0 saturated carbocycles. The molecular formula is C18H20N8O2S. The van der Waals surface area contributed by atoms with E-state index in [0.717, 1.165) is 17.3 Å². The first kappa shape index (κ1) is 20.1. The minimum absolute atomic E-state index is 0.106. The first-order valence-electron chi connectivity index (χ1n) is 8.71. The van der Waals surface area contributed by atoms with Crippen molar-refractivity contribution in [2.24, 2.45) is 5.10 Å². The summed E-state index contributed by atoms with van der Waals surface area (Å²) in [7, 11) is 0. The number of nitrogens with zero attached hydrogens (tertiary/aromatic N) is 5. The van der Waals surface area contributed by atoms with Crippen LogP contribution in [0.2, 0.25) is 0 Å². The number of nitrogens with two attached hydrogens (primary N) is 1. The number of nitrogens with one attached hydrogen (secondary N) is 2. The third kappa shape index (κ3) is 5.69. The number of hydrogen-bond acceptors (Lipinski definition) is 9. The summed E-state index contributed by atoms with van der Waals surface area (Å²) in [6, 6.07) is 10.9. The summed E-state index contributed by atoms with van der Waals surface area (Å²) >= 11 is 1.15. The molecule has 29 heavy (non-hydrogen) atoms. The zero-order valence-electron chi connectivity index (χ0n) is 15.6. The van der Waals surface area contributed by atoms with Gasteiger partial charge in [0.15, 0.2) is 0 Å². The number of amides is 1. The number of rotatable bonds is 9. The summed E-state index contributed by atoms with van der Waals surface area (Å²) in [5.41, 5.74) is 4.14. The van der Waals surface area contributed by atoms with Crippen molar-refractivity contribution < 1.29 is 9.53 Å². The maximum Gasteiger partial charge on any atom is 0.264 e. The number of aromatic nitrogens is 4. The molecule has 2 heterocycles. The number of benzene rings is 1. The molecule has 0 aliphatic heterocycles. The number of carbonyl (C=O) groups excluding carboxylic acids is 1. The summed E-state index contributed by atoms with van der Waals surface area (Å²) in [6.45, 7) is 2.39. The Hall–Kier alpha value is -3.60. The summed E-state index contributed by atoms with van der Waals surface area (Å²) in [6.07, 6.45) is 4.93. The number of carbonyl (C=O) groups is 1. The molecule has 0 saturated heterocycles. The van der Waals surface area contributed by atoms with Gasteiger partial charge >= 0.3 is 0 Å². The standard InChI is InChI=1S/C18H20N8O2S/c1-2-28-15-8-4-3-7-14(15)22-16(27)12-29-18-25-24-17(26(18)19)23-21-11-13-6-5-9-20-10-13/h3-11H,2,12,19H2,1H3,(H,22,27)(H,23,24)/b21-11+. The Kier molecular flexibility index (Phi) is 7.00. The van der Waals surface area contributed by atoms with Gasteiger partial charge in [-0.2, -0.15) is 5.10 Å². The third-order valence-electron chi connectivity index (χ3n) is 3.52. The molecule has 4 N–H and O–H groups in total. The summed E-state index contributed by atoms with van der Waals surface area (Å²) in [4.78, 5) is 16.3. The Labute approximate surface area is 171 Å². The van der Waals surface area contributed by atoms with Crippen LogP contribution in [0.4, 0.5) is 11.6 Å². The Morgan fingerprint density at radius 2 is 2.17 bits per heavy atom. The number of para-hydroxylation sites is 2. The number of ether oxygens (including phenoxy) is 1. The lowest BCUT2D eigenvalue weighted by Gasteiger charge is -2.10. The molecule has 10 nitrogen and oxygen atoms in total. The lowest BCUT2D eigenvalue weighted by molar-refractivity contribution is -0.113. The van der Waals surface area contributed by atoms with Crippen LogP contribution in [0.1, 0.15) is 12.5 Å². The molecule has 2 aromatic heterocycles. The zero-order valence-corrected chi connectivity index (χ0v) is 16.5. The number of hydrogen-bond donors (Lipinski definition) is 3. The minimum Gasteiger partial charge on any atom is -0.492 e. The Balaban J connectivity index is 1.53. The third-order valence-corrected chi connectivity index (χ3v) is 4.46. The summed E-state index contributed by atoms with van der Waals surface area (Å²) in [5.74, 6) is 6.71. The highest BCUT2D eigenvalue weighted by molar-refractivity contribution is 7.99. The molecule has 0 fully saturated rings. The molecule has 11 heteroatoms. The highest BCUT2D eigenvalue weighted by Crippen LogP contribution is 2.24. The van der Waals surface area contributed by atoms with Gasteiger partial charge in [0, 0.05) is 18.0 Å². The highest BCUT2D eigenvalue weighted by atomic mass is 32.2.